The molecule has 0 aliphatic rings. The summed E-state index contributed by atoms with van der Waals surface area (Å²) in [6, 6.07) is 7.50. The lowest BCUT2D eigenvalue weighted by molar-refractivity contribution is 0.337. The van der Waals surface area contributed by atoms with Crippen LogP contribution in [0.4, 0.5) is 8.78 Å². The predicted molar refractivity (Wildman–Crippen MR) is 97.2 cm³/mol. The molecule has 0 fully saturated rings. The predicted octanol–water partition coefficient (Wildman–Crippen LogP) is 3.03. The summed E-state index contributed by atoms with van der Waals surface area (Å²) in [4.78, 5) is 0.106. The number of hydrogen-bond acceptors (Lipinski definition) is 4. The molecule has 0 radical (unpaired) electrons. The van der Waals surface area contributed by atoms with Gasteiger partial charge in [-0.05, 0) is 49.7 Å². The first-order valence-electron chi connectivity index (χ1n) is 8.10. The van der Waals surface area contributed by atoms with Crippen LogP contribution in [0.5, 0.6) is 11.5 Å². The van der Waals surface area contributed by atoms with Crippen molar-refractivity contribution >= 4 is 10.0 Å². The van der Waals surface area contributed by atoms with Crippen molar-refractivity contribution in [2.75, 3.05) is 19.8 Å². The summed E-state index contributed by atoms with van der Waals surface area (Å²) in [5, 5.41) is 0. The maximum Gasteiger partial charge on any atom is 0.241 e. The summed E-state index contributed by atoms with van der Waals surface area (Å²) in [6.07, 6.45) is 0. The molecule has 2 aromatic carbocycles. The number of halogens is 2. The fourth-order valence-corrected chi connectivity index (χ4v) is 3.15. The lowest BCUT2D eigenvalue weighted by Crippen LogP contribution is -2.24. The van der Waals surface area contributed by atoms with Crippen LogP contribution in [0.2, 0.25) is 0 Å². The van der Waals surface area contributed by atoms with Crippen molar-refractivity contribution in [2.45, 2.75) is 18.7 Å². The Morgan fingerprint density at radius 3 is 2.44 bits per heavy atom. The Balaban J connectivity index is 1.89. The molecule has 0 heterocycles. The zero-order valence-electron chi connectivity index (χ0n) is 14.9. The van der Waals surface area contributed by atoms with Crippen LogP contribution in [-0.2, 0) is 10.0 Å². The second-order valence-electron chi connectivity index (χ2n) is 5.40. The van der Waals surface area contributed by atoms with Crippen LogP contribution in [0.3, 0.4) is 0 Å². The van der Waals surface area contributed by atoms with Crippen LogP contribution in [0, 0.1) is 30.4 Å². The van der Waals surface area contributed by atoms with Crippen molar-refractivity contribution in [1.29, 1.82) is 0 Å². The Kier molecular flexibility index (Phi) is 7.16. The fourth-order valence-electron chi connectivity index (χ4n) is 2.14. The first-order chi connectivity index (χ1) is 12.8. The highest BCUT2D eigenvalue weighted by atomic mass is 32.2. The van der Waals surface area contributed by atoms with Gasteiger partial charge in [-0.1, -0.05) is 11.8 Å². The Hall–Kier alpha value is -2.63. The summed E-state index contributed by atoms with van der Waals surface area (Å²) in [5.74, 6) is 4.09. The molecule has 0 saturated heterocycles. The van der Waals surface area contributed by atoms with Gasteiger partial charge >= 0.3 is 0 Å². The van der Waals surface area contributed by atoms with Gasteiger partial charge in [-0.25, -0.2) is 17.2 Å². The van der Waals surface area contributed by atoms with Crippen LogP contribution in [-0.4, -0.2) is 28.2 Å². The average molecular weight is 395 g/mol. The zero-order valence-corrected chi connectivity index (χ0v) is 15.7. The number of sulfonamides is 1. The number of aryl methyl sites for hydroxylation is 1. The third-order valence-electron chi connectivity index (χ3n) is 3.43. The molecule has 0 aromatic heterocycles. The first kappa shape index (κ1) is 20.7. The third-order valence-corrected chi connectivity index (χ3v) is 4.82. The van der Waals surface area contributed by atoms with E-state index in [1.54, 1.807) is 13.0 Å². The van der Waals surface area contributed by atoms with Crippen molar-refractivity contribution in [3.8, 4) is 23.3 Å². The lowest BCUT2D eigenvalue weighted by Gasteiger charge is -2.09. The van der Waals surface area contributed by atoms with Gasteiger partial charge in [0.2, 0.25) is 10.0 Å². The highest BCUT2D eigenvalue weighted by Crippen LogP contribution is 2.21. The molecule has 2 aromatic rings. The molecule has 2 rings (SSSR count). The molecule has 0 aliphatic carbocycles. The summed E-state index contributed by atoms with van der Waals surface area (Å²) in [7, 11) is -3.72. The van der Waals surface area contributed by atoms with Gasteiger partial charge in [0.25, 0.3) is 0 Å². The summed E-state index contributed by atoms with van der Waals surface area (Å²) in [5.41, 5.74) is 0.709. The minimum Gasteiger partial charge on any atom is -0.494 e. The van der Waals surface area contributed by atoms with Gasteiger partial charge in [0.15, 0.2) is 11.6 Å². The smallest absolute Gasteiger partial charge is 0.241 e. The van der Waals surface area contributed by atoms with E-state index in [-0.39, 0.29) is 23.8 Å². The van der Waals surface area contributed by atoms with E-state index in [0.29, 0.717) is 24.0 Å². The van der Waals surface area contributed by atoms with E-state index in [2.05, 4.69) is 16.6 Å². The number of nitrogens with one attached hydrogen (secondary N) is 1. The zero-order chi connectivity index (χ0) is 19.9. The number of rotatable bonds is 7. The van der Waals surface area contributed by atoms with E-state index >= 15 is 0 Å². The standard InChI is InChI=1S/C19H19F2NO4S/c1-3-25-18-9-7-16(12-14(18)2)27(23,24)22-10-4-5-11-26-19-8-6-15(20)13-17(19)21/h6-9,12-13,22H,3,10-11H2,1-2H3. The molecule has 0 saturated carbocycles. The quantitative estimate of drug-likeness (QED) is 0.732. The van der Waals surface area contributed by atoms with E-state index in [4.69, 9.17) is 9.47 Å². The van der Waals surface area contributed by atoms with Crippen molar-refractivity contribution in [1.82, 2.24) is 4.72 Å². The molecule has 0 aliphatic heterocycles. The number of ether oxygens (including phenoxy) is 2. The van der Waals surface area contributed by atoms with Crippen LogP contribution in [0.15, 0.2) is 41.3 Å². The molecular weight excluding hydrogens is 376 g/mol. The van der Waals surface area contributed by atoms with Gasteiger partial charge in [-0.3, -0.25) is 0 Å². The van der Waals surface area contributed by atoms with Gasteiger partial charge < -0.3 is 9.47 Å². The molecule has 5 nitrogen and oxygen atoms in total. The summed E-state index contributed by atoms with van der Waals surface area (Å²) < 4.78 is 63.4. The van der Waals surface area contributed by atoms with Crippen molar-refractivity contribution in [2.24, 2.45) is 0 Å². The second kappa shape index (κ2) is 9.35. The van der Waals surface area contributed by atoms with Crippen molar-refractivity contribution < 1.29 is 26.7 Å². The number of hydrogen-bond donors (Lipinski definition) is 1. The summed E-state index contributed by atoms with van der Waals surface area (Å²) >= 11 is 0. The topological polar surface area (TPSA) is 64.6 Å². The monoisotopic (exact) mass is 395 g/mol. The molecule has 0 bridgehead atoms. The Morgan fingerprint density at radius 2 is 1.78 bits per heavy atom. The molecule has 0 amide bonds. The minimum absolute atomic E-state index is 0.106. The Labute approximate surface area is 157 Å². The number of benzene rings is 2. The van der Waals surface area contributed by atoms with Crippen LogP contribution in [0.1, 0.15) is 12.5 Å². The Morgan fingerprint density at radius 1 is 1.04 bits per heavy atom. The largest absolute Gasteiger partial charge is 0.494 e. The normalized spacial score (nSPS) is 10.8. The van der Waals surface area contributed by atoms with Gasteiger partial charge in [-0.2, -0.15) is 4.72 Å². The van der Waals surface area contributed by atoms with E-state index < -0.39 is 21.7 Å². The maximum absolute atomic E-state index is 13.4. The third kappa shape index (κ3) is 5.94. The van der Waals surface area contributed by atoms with E-state index in [1.165, 1.54) is 12.1 Å². The van der Waals surface area contributed by atoms with Crippen LogP contribution in [0.25, 0.3) is 0 Å². The summed E-state index contributed by atoms with van der Waals surface area (Å²) in [6.45, 7) is 3.80. The molecule has 0 spiro atoms. The van der Waals surface area contributed by atoms with E-state index in [9.17, 15) is 17.2 Å². The second-order valence-corrected chi connectivity index (χ2v) is 7.17. The molecule has 144 valence electrons. The van der Waals surface area contributed by atoms with E-state index in [0.717, 1.165) is 12.1 Å². The van der Waals surface area contributed by atoms with Crippen molar-refractivity contribution in [3.63, 3.8) is 0 Å². The molecule has 0 atom stereocenters. The molecule has 8 heteroatoms. The maximum atomic E-state index is 13.4. The van der Waals surface area contributed by atoms with Crippen LogP contribution < -0.4 is 14.2 Å². The fraction of sp³-hybridized carbons (Fsp3) is 0.263. The van der Waals surface area contributed by atoms with Gasteiger partial charge in [0.1, 0.15) is 18.2 Å². The SMILES string of the molecule is CCOc1ccc(S(=O)(=O)NCC#CCOc2ccc(F)cc2F)cc1C. The average Bonchev–Trinajstić information content (AvgIpc) is 2.61. The van der Waals surface area contributed by atoms with Gasteiger partial charge in [0, 0.05) is 6.07 Å². The Bertz CT molecular complexity index is 965. The van der Waals surface area contributed by atoms with Crippen LogP contribution >= 0.6 is 0 Å². The van der Waals surface area contributed by atoms with Gasteiger partial charge in [-0.15, -0.1) is 0 Å². The van der Waals surface area contributed by atoms with Crippen molar-refractivity contribution in [3.05, 3.63) is 53.6 Å². The molecule has 27 heavy (non-hydrogen) atoms. The lowest BCUT2D eigenvalue weighted by atomic mass is 10.2. The molecule has 0 unspecified atom stereocenters. The van der Waals surface area contributed by atoms with E-state index in [1.807, 2.05) is 6.92 Å². The first-order valence-corrected chi connectivity index (χ1v) is 9.58. The molecular formula is C19H19F2NO4S. The highest BCUT2D eigenvalue weighted by molar-refractivity contribution is 7.89. The molecule has 1 N–H and O–H groups in total. The minimum atomic E-state index is -3.72. The van der Waals surface area contributed by atoms with Gasteiger partial charge in [0.05, 0.1) is 18.0 Å². The highest BCUT2D eigenvalue weighted by Gasteiger charge is 2.14.